The fourth-order valence-electron chi connectivity index (χ4n) is 2.15. The zero-order valence-corrected chi connectivity index (χ0v) is 13.9. The maximum Gasteiger partial charge on any atom is 0.203 e. The number of hydrogen-bond acceptors (Lipinski definition) is 5. The molecule has 1 rings (SSSR count). The Bertz CT molecular complexity index is 397. The summed E-state index contributed by atoms with van der Waals surface area (Å²) in [7, 11) is 9.08. The summed E-state index contributed by atoms with van der Waals surface area (Å²) in [5.74, 6) is 2.03. The van der Waals surface area contributed by atoms with Gasteiger partial charge in [-0.15, -0.1) is 0 Å². The maximum atomic E-state index is 5.35. The van der Waals surface area contributed by atoms with E-state index in [1.54, 1.807) is 21.3 Å². The minimum Gasteiger partial charge on any atom is -0.493 e. The van der Waals surface area contributed by atoms with Gasteiger partial charge in [-0.2, -0.15) is 0 Å². The topological polar surface area (TPSA) is 43.0 Å². The summed E-state index contributed by atoms with van der Waals surface area (Å²) in [4.78, 5) is 2.21. The minimum absolute atomic E-state index is 0.634. The van der Waals surface area contributed by atoms with E-state index in [9.17, 15) is 0 Å². The molecule has 0 amide bonds. The molecule has 0 aliphatic rings. The van der Waals surface area contributed by atoms with Gasteiger partial charge in [0.15, 0.2) is 11.5 Å². The van der Waals surface area contributed by atoms with Gasteiger partial charge in [0.1, 0.15) is 0 Å². The Hall–Kier alpha value is -1.46. The van der Waals surface area contributed by atoms with Gasteiger partial charge in [-0.3, -0.25) is 0 Å². The molecule has 0 saturated carbocycles. The van der Waals surface area contributed by atoms with Crippen LogP contribution in [0.5, 0.6) is 17.2 Å². The first-order valence-corrected chi connectivity index (χ1v) is 7.26. The van der Waals surface area contributed by atoms with Crippen molar-refractivity contribution >= 4 is 0 Å². The van der Waals surface area contributed by atoms with Crippen LogP contribution in [-0.2, 0) is 6.54 Å². The highest BCUT2D eigenvalue weighted by atomic mass is 16.5. The summed E-state index contributed by atoms with van der Waals surface area (Å²) in [6.07, 6.45) is 2.37. The predicted molar refractivity (Wildman–Crippen MR) is 85.6 cm³/mol. The van der Waals surface area contributed by atoms with Crippen molar-refractivity contribution in [1.82, 2.24) is 10.2 Å². The van der Waals surface area contributed by atoms with Gasteiger partial charge in [0.05, 0.1) is 21.3 Å². The van der Waals surface area contributed by atoms with E-state index in [-0.39, 0.29) is 0 Å². The summed E-state index contributed by atoms with van der Waals surface area (Å²) in [6.45, 7) is 2.93. The number of nitrogens with zero attached hydrogens (tertiary/aromatic N) is 1. The van der Waals surface area contributed by atoms with Crippen LogP contribution in [0.3, 0.4) is 0 Å². The molecule has 1 aromatic rings. The molecular formula is C16H28N2O3. The number of methoxy groups -OCH3 is 3. The molecule has 0 aliphatic carbocycles. The molecule has 1 N–H and O–H groups in total. The summed E-state index contributed by atoms with van der Waals surface area (Å²) in [5, 5.41) is 3.45. The first-order chi connectivity index (χ1) is 10.1. The van der Waals surface area contributed by atoms with Crippen molar-refractivity contribution in [2.45, 2.75) is 19.4 Å². The number of rotatable bonds is 10. The zero-order chi connectivity index (χ0) is 15.7. The van der Waals surface area contributed by atoms with Gasteiger partial charge >= 0.3 is 0 Å². The van der Waals surface area contributed by atoms with E-state index in [0.717, 1.165) is 25.2 Å². The Kier molecular flexibility index (Phi) is 7.93. The van der Waals surface area contributed by atoms with Crippen molar-refractivity contribution in [3.63, 3.8) is 0 Å². The van der Waals surface area contributed by atoms with E-state index in [2.05, 4.69) is 24.3 Å². The standard InChI is InChI=1S/C16H28N2O3/c1-18(2)9-7-6-8-17-12-13-10-14(19-3)16(21-5)15(11-13)20-4/h10-11,17H,6-9,12H2,1-5H3. The first-order valence-electron chi connectivity index (χ1n) is 7.26. The molecule has 0 bridgehead atoms. The minimum atomic E-state index is 0.634. The van der Waals surface area contributed by atoms with Crippen LogP contribution in [0.4, 0.5) is 0 Å². The molecule has 120 valence electrons. The molecule has 21 heavy (non-hydrogen) atoms. The molecule has 5 heteroatoms. The average Bonchev–Trinajstić information content (AvgIpc) is 2.49. The smallest absolute Gasteiger partial charge is 0.203 e. The molecule has 0 aromatic heterocycles. The highest BCUT2D eigenvalue weighted by Crippen LogP contribution is 2.38. The fourth-order valence-corrected chi connectivity index (χ4v) is 2.15. The van der Waals surface area contributed by atoms with Gasteiger partial charge in [-0.25, -0.2) is 0 Å². The number of ether oxygens (including phenoxy) is 3. The predicted octanol–water partition coefficient (Wildman–Crippen LogP) is 2.14. The molecule has 0 atom stereocenters. The SMILES string of the molecule is COc1cc(CNCCCCN(C)C)cc(OC)c1OC. The number of benzene rings is 1. The summed E-state index contributed by atoms with van der Waals surface area (Å²) >= 11 is 0. The molecule has 0 radical (unpaired) electrons. The number of nitrogens with one attached hydrogen (secondary N) is 1. The van der Waals surface area contributed by atoms with Crippen LogP contribution in [0.2, 0.25) is 0 Å². The quantitative estimate of drug-likeness (QED) is 0.670. The lowest BCUT2D eigenvalue weighted by Gasteiger charge is -2.14. The highest BCUT2D eigenvalue weighted by Gasteiger charge is 2.12. The molecule has 0 aliphatic heterocycles. The molecule has 0 heterocycles. The Morgan fingerprint density at radius 3 is 2.05 bits per heavy atom. The zero-order valence-electron chi connectivity index (χ0n) is 13.9. The Labute approximate surface area is 128 Å². The Balaban J connectivity index is 2.51. The third-order valence-corrected chi connectivity index (χ3v) is 3.26. The fraction of sp³-hybridized carbons (Fsp3) is 0.625. The van der Waals surface area contributed by atoms with Crippen LogP contribution in [0, 0.1) is 0 Å². The second-order valence-corrected chi connectivity index (χ2v) is 5.22. The largest absolute Gasteiger partial charge is 0.493 e. The lowest BCUT2D eigenvalue weighted by Crippen LogP contribution is -2.18. The van der Waals surface area contributed by atoms with E-state index < -0.39 is 0 Å². The third kappa shape index (κ3) is 5.81. The number of unbranched alkanes of at least 4 members (excludes halogenated alkanes) is 1. The molecule has 0 spiro atoms. The van der Waals surface area contributed by atoms with Gasteiger partial charge in [0.25, 0.3) is 0 Å². The highest BCUT2D eigenvalue weighted by molar-refractivity contribution is 5.53. The van der Waals surface area contributed by atoms with Crippen molar-refractivity contribution in [3.8, 4) is 17.2 Å². The van der Waals surface area contributed by atoms with E-state index >= 15 is 0 Å². The van der Waals surface area contributed by atoms with Crippen molar-refractivity contribution in [2.24, 2.45) is 0 Å². The monoisotopic (exact) mass is 296 g/mol. The lowest BCUT2D eigenvalue weighted by atomic mass is 10.1. The summed E-state index contributed by atoms with van der Waals surface area (Å²) < 4.78 is 16.0. The first kappa shape index (κ1) is 17.6. The van der Waals surface area contributed by atoms with Crippen LogP contribution in [0.15, 0.2) is 12.1 Å². The van der Waals surface area contributed by atoms with Crippen LogP contribution in [0.25, 0.3) is 0 Å². The van der Waals surface area contributed by atoms with Crippen molar-refractivity contribution in [3.05, 3.63) is 17.7 Å². The van der Waals surface area contributed by atoms with Crippen LogP contribution >= 0.6 is 0 Å². The lowest BCUT2D eigenvalue weighted by molar-refractivity contribution is 0.323. The van der Waals surface area contributed by atoms with Crippen LogP contribution < -0.4 is 19.5 Å². The molecular weight excluding hydrogens is 268 g/mol. The molecule has 5 nitrogen and oxygen atoms in total. The van der Waals surface area contributed by atoms with Gasteiger partial charge in [0.2, 0.25) is 5.75 Å². The van der Waals surface area contributed by atoms with Crippen LogP contribution in [0.1, 0.15) is 18.4 Å². The van der Waals surface area contributed by atoms with E-state index in [0.29, 0.717) is 17.2 Å². The van der Waals surface area contributed by atoms with Crippen molar-refractivity contribution < 1.29 is 14.2 Å². The average molecular weight is 296 g/mol. The molecule has 0 saturated heterocycles. The second-order valence-electron chi connectivity index (χ2n) is 5.22. The Morgan fingerprint density at radius 2 is 1.57 bits per heavy atom. The van der Waals surface area contributed by atoms with E-state index in [4.69, 9.17) is 14.2 Å². The Morgan fingerprint density at radius 1 is 0.952 bits per heavy atom. The molecule has 1 aromatic carbocycles. The van der Waals surface area contributed by atoms with Gasteiger partial charge in [-0.05, 0) is 57.7 Å². The summed E-state index contributed by atoms with van der Waals surface area (Å²) in [5.41, 5.74) is 1.12. The second kappa shape index (κ2) is 9.47. The van der Waals surface area contributed by atoms with Gasteiger partial charge in [-0.1, -0.05) is 0 Å². The van der Waals surface area contributed by atoms with E-state index in [1.165, 1.54) is 12.8 Å². The van der Waals surface area contributed by atoms with Gasteiger partial charge in [0, 0.05) is 6.54 Å². The van der Waals surface area contributed by atoms with E-state index in [1.807, 2.05) is 12.1 Å². The van der Waals surface area contributed by atoms with Crippen molar-refractivity contribution in [1.29, 1.82) is 0 Å². The maximum absolute atomic E-state index is 5.35. The molecule has 0 unspecified atom stereocenters. The molecule has 0 fully saturated rings. The third-order valence-electron chi connectivity index (χ3n) is 3.26. The normalized spacial score (nSPS) is 10.8. The van der Waals surface area contributed by atoms with Crippen molar-refractivity contribution in [2.75, 3.05) is 48.5 Å². The van der Waals surface area contributed by atoms with Gasteiger partial charge < -0.3 is 24.4 Å². The summed E-state index contributed by atoms with van der Waals surface area (Å²) in [6, 6.07) is 3.96. The number of hydrogen-bond donors (Lipinski definition) is 1. The van der Waals surface area contributed by atoms with Crippen LogP contribution in [-0.4, -0.2) is 53.4 Å².